The minimum absolute atomic E-state index is 0.0183. The molecule has 4 rings (SSSR count). The van der Waals surface area contributed by atoms with E-state index >= 15 is 0 Å². The van der Waals surface area contributed by atoms with Gasteiger partial charge in [-0.1, -0.05) is 28.9 Å². The first-order valence-electron chi connectivity index (χ1n) is 8.92. The van der Waals surface area contributed by atoms with Crippen LogP contribution >= 0.6 is 11.6 Å². The maximum Gasteiger partial charge on any atom is 0.357 e. The molecule has 0 aliphatic carbocycles. The molecule has 0 saturated carbocycles. The van der Waals surface area contributed by atoms with Gasteiger partial charge in [0.1, 0.15) is 17.3 Å². The van der Waals surface area contributed by atoms with E-state index in [9.17, 15) is 13.6 Å². The van der Waals surface area contributed by atoms with Crippen LogP contribution in [0.3, 0.4) is 0 Å². The molecule has 0 spiro atoms. The van der Waals surface area contributed by atoms with Gasteiger partial charge in [0.2, 0.25) is 0 Å². The highest BCUT2D eigenvalue weighted by atomic mass is 35.5. The van der Waals surface area contributed by atoms with Gasteiger partial charge >= 0.3 is 5.97 Å². The Morgan fingerprint density at radius 1 is 1.20 bits per heavy atom. The summed E-state index contributed by atoms with van der Waals surface area (Å²) >= 11 is 6.09. The Balaban J connectivity index is 1.84. The van der Waals surface area contributed by atoms with Crippen LogP contribution < -0.4 is 0 Å². The van der Waals surface area contributed by atoms with Crippen molar-refractivity contribution in [3.63, 3.8) is 0 Å². The summed E-state index contributed by atoms with van der Waals surface area (Å²) in [7, 11) is 0. The summed E-state index contributed by atoms with van der Waals surface area (Å²) in [6, 6.07) is 11.3. The molecule has 152 valence electrons. The number of nitrogens with zero attached hydrogens (tertiary/aromatic N) is 3. The van der Waals surface area contributed by atoms with E-state index < -0.39 is 17.6 Å². The molecule has 0 fully saturated rings. The molecule has 2 aromatic heterocycles. The average Bonchev–Trinajstić information content (AvgIpc) is 3.35. The molecule has 0 radical (unpaired) electrons. The van der Waals surface area contributed by atoms with Crippen molar-refractivity contribution in [3.8, 4) is 28.3 Å². The molecular formula is C21H14ClF2N3O3. The number of aromatic nitrogens is 3. The number of carbonyl (C=O) groups is 1. The van der Waals surface area contributed by atoms with Crippen molar-refractivity contribution >= 4 is 17.6 Å². The molecule has 0 atom stereocenters. The molecular weight excluding hydrogens is 416 g/mol. The number of halogens is 3. The van der Waals surface area contributed by atoms with E-state index in [1.807, 2.05) is 0 Å². The Hall–Kier alpha value is -3.52. The van der Waals surface area contributed by atoms with Crippen LogP contribution in [0, 0.1) is 11.6 Å². The van der Waals surface area contributed by atoms with E-state index in [4.69, 9.17) is 20.9 Å². The molecule has 0 saturated heterocycles. The largest absolute Gasteiger partial charge is 0.461 e. The van der Waals surface area contributed by atoms with Crippen LogP contribution in [0.15, 0.2) is 59.3 Å². The van der Waals surface area contributed by atoms with E-state index in [-0.39, 0.29) is 39.9 Å². The summed E-state index contributed by atoms with van der Waals surface area (Å²) in [6.07, 6.45) is 1.37. The lowest BCUT2D eigenvalue weighted by Gasteiger charge is -2.08. The normalized spacial score (nSPS) is 10.9. The van der Waals surface area contributed by atoms with Crippen LogP contribution in [-0.4, -0.2) is 27.5 Å². The molecule has 6 nitrogen and oxygen atoms in total. The van der Waals surface area contributed by atoms with Crippen LogP contribution in [0.4, 0.5) is 8.78 Å². The van der Waals surface area contributed by atoms with E-state index in [0.29, 0.717) is 5.69 Å². The van der Waals surface area contributed by atoms with E-state index in [1.165, 1.54) is 53.3 Å². The predicted octanol–water partition coefficient (Wildman–Crippen LogP) is 5.30. The van der Waals surface area contributed by atoms with Gasteiger partial charge < -0.3 is 9.26 Å². The summed E-state index contributed by atoms with van der Waals surface area (Å²) in [5.41, 5.74) is 0.820. The van der Waals surface area contributed by atoms with Gasteiger partial charge in [0.25, 0.3) is 0 Å². The number of hydrogen-bond donors (Lipinski definition) is 0. The SMILES string of the molecule is CCOC(=O)c1c(-c2cc(-c3c(F)cccc3Cl)no2)cnn1-c1cccc(F)c1. The Bertz CT molecular complexity index is 1220. The number of rotatable bonds is 5. The predicted molar refractivity (Wildman–Crippen MR) is 105 cm³/mol. The van der Waals surface area contributed by atoms with Gasteiger partial charge in [-0.3, -0.25) is 0 Å². The third-order valence-electron chi connectivity index (χ3n) is 4.29. The lowest BCUT2D eigenvalue weighted by Crippen LogP contribution is -2.13. The van der Waals surface area contributed by atoms with Crippen molar-refractivity contribution in [2.24, 2.45) is 0 Å². The fourth-order valence-corrected chi connectivity index (χ4v) is 3.25. The molecule has 0 N–H and O–H groups in total. The van der Waals surface area contributed by atoms with Gasteiger partial charge in [0, 0.05) is 6.07 Å². The number of ether oxygens (including phenoxy) is 1. The number of hydrogen-bond acceptors (Lipinski definition) is 5. The van der Waals surface area contributed by atoms with Gasteiger partial charge in [-0.05, 0) is 37.3 Å². The minimum atomic E-state index is -0.684. The fraction of sp³-hybridized carbons (Fsp3) is 0.0952. The van der Waals surface area contributed by atoms with Crippen molar-refractivity contribution in [2.45, 2.75) is 6.92 Å². The molecule has 2 aromatic carbocycles. The fourth-order valence-electron chi connectivity index (χ4n) is 2.99. The van der Waals surface area contributed by atoms with Crippen LogP contribution in [0.1, 0.15) is 17.4 Å². The van der Waals surface area contributed by atoms with Gasteiger partial charge in [0.15, 0.2) is 11.5 Å². The van der Waals surface area contributed by atoms with Crippen molar-refractivity contribution in [2.75, 3.05) is 6.61 Å². The first-order valence-corrected chi connectivity index (χ1v) is 9.30. The molecule has 0 unspecified atom stereocenters. The highest BCUT2D eigenvalue weighted by Crippen LogP contribution is 2.34. The molecule has 2 heterocycles. The molecule has 0 aliphatic heterocycles. The average molecular weight is 430 g/mol. The number of carbonyl (C=O) groups excluding carboxylic acids is 1. The summed E-state index contributed by atoms with van der Waals surface area (Å²) in [6.45, 7) is 1.78. The highest BCUT2D eigenvalue weighted by molar-refractivity contribution is 6.33. The van der Waals surface area contributed by atoms with E-state index in [1.54, 1.807) is 13.0 Å². The quantitative estimate of drug-likeness (QED) is 0.402. The highest BCUT2D eigenvalue weighted by Gasteiger charge is 2.26. The maximum absolute atomic E-state index is 14.2. The molecule has 9 heteroatoms. The van der Waals surface area contributed by atoms with Crippen LogP contribution in [0.2, 0.25) is 5.02 Å². The summed E-state index contributed by atoms with van der Waals surface area (Å²) in [4.78, 5) is 12.6. The van der Waals surface area contributed by atoms with Gasteiger partial charge in [-0.2, -0.15) is 5.10 Å². The third-order valence-corrected chi connectivity index (χ3v) is 4.60. The van der Waals surface area contributed by atoms with Crippen molar-refractivity contribution < 1.29 is 22.8 Å². The second-order valence-electron chi connectivity index (χ2n) is 6.19. The minimum Gasteiger partial charge on any atom is -0.461 e. The van der Waals surface area contributed by atoms with Gasteiger partial charge in [-0.25, -0.2) is 18.3 Å². The van der Waals surface area contributed by atoms with Crippen molar-refractivity contribution in [1.82, 2.24) is 14.9 Å². The molecule has 0 amide bonds. The topological polar surface area (TPSA) is 70.2 Å². The monoisotopic (exact) mass is 429 g/mol. The second kappa shape index (κ2) is 8.08. The zero-order valence-corrected chi connectivity index (χ0v) is 16.4. The Labute approximate surface area is 174 Å². The Morgan fingerprint density at radius 3 is 2.73 bits per heavy atom. The zero-order valence-electron chi connectivity index (χ0n) is 15.6. The molecule has 30 heavy (non-hydrogen) atoms. The summed E-state index contributed by atoms with van der Waals surface area (Å²) < 4.78 is 39.6. The van der Waals surface area contributed by atoms with Crippen molar-refractivity contribution in [1.29, 1.82) is 0 Å². The molecule has 0 bridgehead atoms. The van der Waals surface area contributed by atoms with Gasteiger partial charge in [0.05, 0.1) is 34.6 Å². The third kappa shape index (κ3) is 3.57. The standard InChI is InChI=1S/C21H14ClF2N3O3/c1-2-29-21(28)20-14(11-25-27(20)13-6-3-5-12(23)9-13)18-10-17(26-30-18)19-15(22)7-4-8-16(19)24/h3-11H,2H2,1H3. The van der Waals surface area contributed by atoms with Crippen LogP contribution in [0.5, 0.6) is 0 Å². The lowest BCUT2D eigenvalue weighted by molar-refractivity contribution is 0.0516. The Morgan fingerprint density at radius 2 is 2.00 bits per heavy atom. The second-order valence-corrected chi connectivity index (χ2v) is 6.60. The van der Waals surface area contributed by atoms with Crippen LogP contribution in [0.25, 0.3) is 28.3 Å². The number of esters is 1. The van der Waals surface area contributed by atoms with E-state index in [2.05, 4.69) is 10.3 Å². The Kier molecular flexibility index (Phi) is 5.33. The maximum atomic E-state index is 14.2. The molecule has 0 aliphatic rings. The zero-order chi connectivity index (χ0) is 21.3. The van der Waals surface area contributed by atoms with E-state index in [0.717, 1.165) is 0 Å². The smallest absolute Gasteiger partial charge is 0.357 e. The van der Waals surface area contributed by atoms with Gasteiger partial charge in [-0.15, -0.1) is 0 Å². The first-order chi connectivity index (χ1) is 14.5. The first kappa shape index (κ1) is 19.8. The summed E-state index contributed by atoms with van der Waals surface area (Å²) in [5.74, 6) is -1.59. The molecule has 4 aromatic rings. The lowest BCUT2D eigenvalue weighted by atomic mass is 10.1. The summed E-state index contributed by atoms with van der Waals surface area (Å²) in [5, 5.41) is 8.23. The number of benzene rings is 2. The van der Waals surface area contributed by atoms with Crippen LogP contribution in [-0.2, 0) is 4.74 Å². The van der Waals surface area contributed by atoms with Crippen molar-refractivity contribution in [3.05, 3.63) is 77.1 Å².